The molecule has 0 spiro atoms. The molecular formula is C4H11N3O. The summed E-state index contributed by atoms with van der Waals surface area (Å²) in [6, 6.07) is 0. The Hall–Kier alpha value is -1.00. The number of hydrogen-bond acceptors (Lipinski definition) is 4. The first kappa shape index (κ1) is 10.1. The van der Waals surface area contributed by atoms with E-state index in [1.165, 1.54) is 0 Å². The lowest BCUT2D eigenvalue weighted by Crippen LogP contribution is -2.01. The van der Waals surface area contributed by atoms with Gasteiger partial charge < -0.3 is 17.1 Å². The van der Waals surface area contributed by atoms with Crippen molar-refractivity contribution in [3.63, 3.8) is 0 Å². The molecule has 1 heterocycles. The van der Waals surface area contributed by atoms with Crippen LogP contribution in [0, 0.1) is 0 Å². The lowest BCUT2D eigenvalue weighted by Gasteiger charge is -1.97. The van der Waals surface area contributed by atoms with Gasteiger partial charge in [0.05, 0.1) is 0 Å². The lowest BCUT2D eigenvalue weighted by atomic mass is 10.6. The molecule has 0 aliphatic carbocycles. The van der Waals surface area contributed by atoms with Gasteiger partial charge in [0.25, 0.3) is 0 Å². The molecule has 0 bridgehead atoms. The number of hydrogen-bond donors (Lipinski definition) is 3. The number of hydroxylamine groups is 1. The molecule has 7 N–H and O–H groups in total. The van der Waals surface area contributed by atoms with Crippen LogP contribution in [-0.2, 0) is 4.84 Å². The predicted octanol–water partition coefficient (Wildman–Crippen LogP) is 0.873. The third kappa shape index (κ3) is 3.20. The van der Waals surface area contributed by atoms with Crippen molar-refractivity contribution < 1.29 is 4.84 Å². The lowest BCUT2D eigenvalue weighted by molar-refractivity contribution is 0.172. The van der Waals surface area contributed by atoms with Gasteiger partial charge in [-0.1, -0.05) is 0 Å². The van der Waals surface area contributed by atoms with E-state index < -0.39 is 0 Å². The van der Waals surface area contributed by atoms with Gasteiger partial charge in [-0.3, -0.25) is 0 Å². The Morgan fingerprint density at radius 2 is 1.88 bits per heavy atom. The summed E-state index contributed by atoms with van der Waals surface area (Å²) in [7, 11) is 0. The maximum atomic E-state index is 4.55. The molecule has 48 valence electrons. The van der Waals surface area contributed by atoms with Crippen molar-refractivity contribution in [1.29, 1.82) is 0 Å². The SMILES string of the molecule is C1=CNOC=C1.N.N. The molecule has 1 rings (SSSR count). The molecule has 0 radical (unpaired) electrons. The molecule has 4 nitrogen and oxygen atoms in total. The van der Waals surface area contributed by atoms with Crippen LogP contribution < -0.4 is 17.8 Å². The Kier molecular flexibility index (Phi) is 7.56. The van der Waals surface area contributed by atoms with Gasteiger partial charge in [-0.25, -0.2) is 5.48 Å². The highest BCUT2D eigenvalue weighted by molar-refractivity contribution is 5.00. The highest BCUT2D eigenvalue weighted by Gasteiger charge is 1.72. The van der Waals surface area contributed by atoms with Crippen molar-refractivity contribution in [3.05, 3.63) is 24.6 Å². The minimum atomic E-state index is 0. The van der Waals surface area contributed by atoms with Gasteiger partial charge in [0.15, 0.2) is 0 Å². The smallest absolute Gasteiger partial charge is 0.119 e. The zero-order chi connectivity index (χ0) is 4.24. The van der Waals surface area contributed by atoms with Crippen LogP contribution in [0.2, 0.25) is 0 Å². The van der Waals surface area contributed by atoms with Crippen LogP contribution in [0.15, 0.2) is 24.6 Å². The normalized spacial score (nSPS) is 12.0. The molecule has 0 unspecified atom stereocenters. The van der Waals surface area contributed by atoms with E-state index in [9.17, 15) is 0 Å². The topological polar surface area (TPSA) is 91.3 Å². The zero-order valence-corrected chi connectivity index (χ0v) is 4.63. The third-order valence-corrected chi connectivity index (χ3v) is 0.490. The molecule has 1 aliphatic heterocycles. The van der Waals surface area contributed by atoms with Gasteiger partial charge >= 0.3 is 0 Å². The fraction of sp³-hybridized carbons (Fsp3) is 0. The largest absolute Gasteiger partial charge is 0.391 e. The molecule has 0 aromatic heterocycles. The Labute approximate surface area is 48.3 Å². The van der Waals surface area contributed by atoms with Crippen LogP contribution in [0.25, 0.3) is 0 Å². The first-order valence-electron chi connectivity index (χ1n) is 1.73. The summed E-state index contributed by atoms with van der Waals surface area (Å²) in [5, 5.41) is 0. The molecule has 0 aromatic rings. The van der Waals surface area contributed by atoms with E-state index in [0.717, 1.165) is 0 Å². The van der Waals surface area contributed by atoms with Crippen LogP contribution in [0.4, 0.5) is 0 Å². The van der Waals surface area contributed by atoms with E-state index in [4.69, 9.17) is 0 Å². The third-order valence-electron chi connectivity index (χ3n) is 0.490. The van der Waals surface area contributed by atoms with Gasteiger partial charge in [-0.2, -0.15) is 0 Å². The monoisotopic (exact) mass is 117 g/mol. The van der Waals surface area contributed by atoms with E-state index in [1.54, 1.807) is 18.5 Å². The Morgan fingerprint density at radius 3 is 2.00 bits per heavy atom. The highest BCUT2D eigenvalue weighted by atomic mass is 16.6. The number of allylic oxidation sites excluding steroid dienone is 2. The minimum absolute atomic E-state index is 0. The standard InChI is InChI=1S/C4H5NO.2H3N/c1-2-4-6-5-3-1;;/h1-5H;2*1H3. The molecule has 0 atom stereocenters. The van der Waals surface area contributed by atoms with Crippen molar-refractivity contribution in [2.75, 3.05) is 0 Å². The van der Waals surface area contributed by atoms with Gasteiger partial charge in [-0.05, 0) is 12.2 Å². The van der Waals surface area contributed by atoms with E-state index >= 15 is 0 Å². The quantitative estimate of drug-likeness (QED) is 0.439. The Morgan fingerprint density at radius 1 is 1.12 bits per heavy atom. The van der Waals surface area contributed by atoms with Crippen LogP contribution >= 0.6 is 0 Å². The van der Waals surface area contributed by atoms with Crippen LogP contribution in [0.1, 0.15) is 0 Å². The second-order valence-corrected chi connectivity index (χ2v) is 0.923. The van der Waals surface area contributed by atoms with Crippen LogP contribution in [0.5, 0.6) is 0 Å². The summed E-state index contributed by atoms with van der Waals surface area (Å²) in [6.45, 7) is 0. The second-order valence-electron chi connectivity index (χ2n) is 0.923. The van der Waals surface area contributed by atoms with E-state index in [0.29, 0.717) is 0 Å². The maximum Gasteiger partial charge on any atom is 0.119 e. The fourth-order valence-corrected chi connectivity index (χ4v) is 0.258. The highest BCUT2D eigenvalue weighted by Crippen LogP contribution is 1.80. The van der Waals surface area contributed by atoms with Crippen molar-refractivity contribution >= 4 is 0 Å². The molecular weight excluding hydrogens is 106 g/mol. The molecule has 8 heavy (non-hydrogen) atoms. The molecule has 0 fully saturated rings. The van der Waals surface area contributed by atoms with Crippen LogP contribution in [-0.4, -0.2) is 0 Å². The summed E-state index contributed by atoms with van der Waals surface area (Å²) in [5.74, 6) is 0. The van der Waals surface area contributed by atoms with Gasteiger partial charge in [-0.15, -0.1) is 0 Å². The molecule has 0 aromatic carbocycles. The van der Waals surface area contributed by atoms with Crippen molar-refractivity contribution in [2.24, 2.45) is 0 Å². The summed E-state index contributed by atoms with van der Waals surface area (Å²) < 4.78 is 0. The first-order chi connectivity index (χ1) is 3.00. The van der Waals surface area contributed by atoms with Gasteiger partial charge in [0.1, 0.15) is 6.26 Å². The van der Waals surface area contributed by atoms with E-state index in [2.05, 4.69) is 10.3 Å². The molecule has 0 saturated carbocycles. The van der Waals surface area contributed by atoms with Crippen molar-refractivity contribution in [2.45, 2.75) is 0 Å². The molecule has 1 aliphatic rings. The van der Waals surface area contributed by atoms with E-state index in [-0.39, 0.29) is 12.3 Å². The number of rotatable bonds is 0. The molecule has 4 heteroatoms. The summed E-state index contributed by atoms with van der Waals surface area (Å²) in [5.41, 5.74) is 2.52. The molecule has 0 saturated heterocycles. The minimum Gasteiger partial charge on any atom is -0.391 e. The first-order valence-corrected chi connectivity index (χ1v) is 1.73. The van der Waals surface area contributed by atoms with Crippen molar-refractivity contribution in [1.82, 2.24) is 17.8 Å². The second kappa shape index (κ2) is 6.00. The summed E-state index contributed by atoms with van der Waals surface area (Å²) >= 11 is 0. The Bertz CT molecular complexity index is 77.3. The van der Waals surface area contributed by atoms with Gasteiger partial charge in [0.2, 0.25) is 0 Å². The summed E-state index contributed by atoms with van der Waals surface area (Å²) in [4.78, 5) is 4.55. The van der Waals surface area contributed by atoms with Gasteiger partial charge in [0, 0.05) is 6.20 Å². The number of nitrogens with one attached hydrogen (secondary N) is 1. The van der Waals surface area contributed by atoms with E-state index in [1.807, 2.05) is 6.08 Å². The predicted molar refractivity (Wildman–Crippen MR) is 32.5 cm³/mol. The molecule has 0 amide bonds. The van der Waals surface area contributed by atoms with Crippen LogP contribution in [0.3, 0.4) is 0 Å². The maximum absolute atomic E-state index is 4.55. The Balaban J connectivity index is 0. The average molecular weight is 117 g/mol. The van der Waals surface area contributed by atoms with Crippen molar-refractivity contribution in [3.8, 4) is 0 Å². The zero-order valence-electron chi connectivity index (χ0n) is 4.63. The fourth-order valence-electron chi connectivity index (χ4n) is 0.258. The average Bonchev–Trinajstić information content (AvgIpc) is 1.72. The summed E-state index contributed by atoms with van der Waals surface area (Å²) in [6.07, 6.45) is 6.93.